The monoisotopic (exact) mass is 258 g/mol. The largest absolute Gasteiger partial charge is 0.481 e. The SMILES string of the molecule is CN(CC1COC=N1)c1cc(Cl)cc(Cl)c1. The molecule has 0 aliphatic carbocycles. The fourth-order valence-electron chi connectivity index (χ4n) is 1.61. The molecule has 16 heavy (non-hydrogen) atoms. The van der Waals surface area contributed by atoms with Gasteiger partial charge in [0, 0.05) is 29.3 Å². The fourth-order valence-corrected chi connectivity index (χ4v) is 2.12. The van der Waals surface area contributed by atoms with Crippen LogP contribution in [0.25, 0.3) is 0 Å². The van der Waals surface area contributed by atoms with E-state index in [-0.39, 0.29) is 6.04 Å². The average molecular weight is 259 g/mol. The lowest BCUT2D eigenvalue weighted by Crippen LogP contribution is -2.28. The first-order valence-electron chi connectivity index (χ1n) is 4.95. The minimum Gasteiger partial charge on any atom is -0.481 e. The van der Waals surface area contributed by atoms with Crippen LogP contribution in [0.15, 0.2) is 23.2 Å². The number of likely N-dealkylation sites (N-methyl/N-ethyl adjacent to an activating group) is 1. The molecule has 1 unspecified atom stereocenters. The lowest BCUT2D eigenvalue weighted by molar-refractivity contribution is 0.329. The quantitative estimate of drug-likeness (QED) is 0.833. The molecular formula is C11H12Cl2N2O. The number of hydrogen-bond acceptors (Lipinski definition) is 3. The third-order valence-electron chi connectivity index (χ3n) is 2.41. The number of halogens is 2. The topological polar surface area (TPSA) is 24.8 Å². The van der Waals surface area contributed by atoms with Crippen molar-refractivity contribution in [3.05, 3.63) is 28.2 Å². The standard InChI is InChI=1S/C11H12Cl2N2O/c1-15(5-10-6-16-7-14-10)11-3-8(12)2-9(13)4-11/h2-4,7,10H,5-6H2,1H3. The zero-order valence-electron chi connectivity index (χ0n) is 8.86. The van der Waals surface area contributed by atoms with Gasteiger partial charge >= 0.3 is 0 Å². The van der Waals surface area contributed by atoms with Crippen LogP contribution in [-0.4, -0.2) is 32.6 Å². The molecule has 86 valence electrons. The Morgan fingerprint density at radius 1 is 1.38 bits per heavy atom. The molecule has 0 fully saturated rings. The van der Waals surface area contributed by atoms with Crippen LogP contribution in [-0.2, 0) is 4.74 Å². The average Bonchev–Trinajstić information content (AvgIpc) is 2.68. The second-order valence-corrected chi connectivity index (χ2v) is 4.62. The summed E-state index contributed by atoms with van der Waals surface area (Å²) in [4.78, 5) is 6.26. The summed E-state index contributed by atoms with van der Waals surface area (Å²) >= 11 is 11.9. The fraction of sp³-hybridized carbons (Fsp3) is 0.364. The van der Waals surface area contributed by atoms with E-state index < -0.39 is 0 Å². The summed E-state index contributed by atoms with van der Waals surface area (Å²) in [5.74, 6) is 0. The summed E-state index contributed by atoms with van der Waals surface area (Å²) in [6.07, 6.45) is 1.50. The Kier molecular flexibility index (Phi) is 3.56. The van der Waals surface area contributed by atoms with Gasteiger partial charge < -0.3 is 9.64 Å². The maximum atomic E-state index is 5.95. The molecule has 2 rings (SSSR count). The van der Waals surface area contributed by atoms with E-state index in [9.17, 15) is 0 Å². The van der Waals surface area contributed by atoms with Gasteiger partial charge in [0.25, 0.3) is 0 Å². The Labute approximate surface area is 105 Å². The lowest BCUT2D eigenvalue weighted by atomic mass is 10.2. The minimum absolute atomic E-state index is 0.183. The summed E-state index contributed by atoms with van der Waals surface area (Å²) < 4.78 is 5.07. The van der Waals surface area contributed by atoms with Crippen molar-refractivity contribution in [2.24, 2.45) is 4.99 Å². The molecular weight excluding hydrogens is 247 g/mol. The van der Waals surface area contributed by atoms with Crippen LogP contribution in [0.2, 0.25) is 10.0 Å². The molecule has 0 amide bonds. The number of benzene rings is 1. The van der Waals surface area contributed by atoms with Crippen LogP contribution >= 0.6 is 23.2 Å². The molecule has 0 saturated carbocycles. The van der Waals surface area contributed by atoms with Crippen LogP contribution in [0.1, 0.15) is 0 Å². The van der Waals surface area contributed by atoms with Crippen LogP contribution in [0.5, 0.6) is 0 Å². The van der Waals surface area contributed by atoms with E-state index in [2.05, 4.69) is 9.89 Å². The summed E-state index contributed by atoms with van der Waals surface area (Å²) in [7, 11) is 1.98. The third kappa shape index (κ3) is 2.80. The highest BCUT2D eigenvalue weighted by molar-refractivity contribution is 6.35. The second-order valence-electron chi connectivity index (χ2n) is 3.75. The first kappa shape index (κ1) is 11.6. The number of nitrogens with zero attached hydrogens (tertiary/aromatic N) is 2. The van der Waals surface area contributed by atoms with E-state index in [1.54, 1.807) is 6.07 Å². The number of anilines is 1. The van der Waals surface area contributed by atoms with Crippen LogP contribution in [0.4, 0.5) is 5.69 Å². The first-order chi connectivity index (χ1) is 7.65. The number of hydrogen-bond donors (Lipinski definition) is 0. The van der Waals surface area contributed by atoms with Gasteiger partial charge in [-0.2, -0.15) is 0 Å². The van der Waals surface area contributed by atoms with E-state index >= 15 is 0 Å². The maximum Gasteiger partial charge on any atom is 0.169 e. The van der Waals surface area contributed by atoms with Crippen molar-refractivity contribution in [2.45, 2.75) is 6.04 Å². The van der Waals surface area contributed by atoms with Crippen LogP contribution < -0.4 is 4.90 Å². The highest BCUT2D eigenvalue weighted by atomic mass is 35.5. The Bertz CT molecular complexity index is 389. The summed E-state index contributed by atoms with van der Waals surface area (Å²) in [6.45, 7) is 1.42. The van der Waals surface area contributed by atoms with Crippen molar-refractivity contribution >= 4 is 35.3 Å². The first-order valence-corrected chi connectivity index (χ1v) is 5.71. The van der Waals surface area contributed by atoms with Gasteiger partial charge in [-0.3, -0.25) is 0 Å². The zero-order chi connectivity index (χ0) is 11.5. The number of rotatable bonds is 3. The Balaban J connectivity index is 2.07. The van der Waals surface area contributed by atoms with Gasteiger partial charge in [0.2, 0.25) is 0 Å². The van der Waals surface area contributed by atoms with Crippen molar-refractivity contribution in [3.8, 4) is 0 Å². The molecule has 1 atom stereocenters. The number of ether oxygens (including phenoxy) is 1. The minimum atomic E-state index is 0.183. The summed E-state index contributed by atoms with van der Waals surface area (Å²) in [6, 6.07) is 5.67. The van der Waals surface area contributed by atoms with Gasteiger partial charge in [0.1, 0.15) is 12.6 Å². The molecule has 1 aliphatic rings. The summed E-state index contributed by atoms with van der Waals surface area (Å²) in [5.41, 5.74) is 0.986. The highest BCUT2D eigenvalue weighted by Gasteiger charge is 2.15. The molecule has 0 bridgehead atoms. The van der Waals surface area contributed by atoms with E-state index in [0.29, 0.717) is 16.7 Å². The molecule has 0 saturated heterocycles. The predicted molar refractivity (Wildman–Crippen MR) is 68.0 cm³/mol. The molecule has 0 N–H and O–H groups in total. The maximum absolute atomic E-state index is 5.95. The Hall–Kier alpha value is -0.930. The molecule has 0 aromatic heterocycles. The Morgan fingerprint density at radius 3 is 2.62 bits per heavy atom. The zero-order valence-corrected chi connectivity index (χ0v) is 10.4. The third-order valence-corrected chi connectivity index (χ3v) is 2.84. The Morgan fingerprint density at radius 2 is 2.06 bits per heavy atom. The van der Waals surface area contributed by atoms with Gasteiger partial charge in [-0.15, -0.1) is 0 Å². The number of aliphatic imine (C=N–C) groups is 1. The smallest absolute Gasteiger partial charge is 0.169 e. The molecule has 1 aromatic rings. The normalized spacial score (nSPS) is 18.6. The molecule has 1 aromatic carbocycles. The second kappa shape index (κ2) is 4.93. The van der Waals surface area contributed by atoms with Gasteiger partial charge in [-0.05, 0) is 18.2 Å². The van der Waals surface area contributed by atoms with Gasteiger partial charge in [-0.1, -0.05) is 23.2 Å². The van der Waals surface area contributed by atoms with Gasteiger partial charge in [-0.25, -0.2) is 4.99 Å². The molecule has 1 heterocycles. The molecule has 0 spiro atoms. The van der Waals surface area contributed by atoms with E-state index in [1.165, 1.54) is 6.40 Å². The molecule has 1 aliphatic heterocycles. The van der Waals surface area contributed by atoms with Gasteiger partial charge in [0.05, 0.1) is 0 Å². The van der Waals surface area contributed by atoms with Crippen LogP contribution in [0, 0.1) is 0 Å². The predicted octanol–water partition coefficient (Wildman–Crippen LogP) is 2.86. The summed E-state index contributed by atoms with van der Waals surface area (Å²) in [5, 5.41) is 1.28. The lowest BCUT2D eigenvalue weighted by Gasteiger charge is -2.21. The van der Waals surface area contributed by atoms with E-state index in [4.69, 9.17) is 27.9 Å². The molecule has 3 nitrogen and oxygen atoms in total. The molecule has 5 heteroatoms. The molecule has 0 radical (unpaired) electrons. The van der Waals surface area contributed by atoms with Crippen molar-refractivity contribution < 1.29 is 4.74 Å². The van der Waals surface area contributed by atoms with E-state index in [1.807, 2.05) is 19.2 Å². The van der Waals surface area contributed by atoms with Crippen molar-refractivity contribution in [1.82, 2.24) is 0 Å². The van der Waals surface area contributed by atoms with Crippen molar-refractivity contribution in [1.29, 1.82) is 0 Å². The van der Waals surface area contributed by atoms with Gasteiger partial charge in [0.15, 0.2) is 6.40 Å². The van der Waals surface area contributed by atoms with E-state index in [0.717, 1.165) is 12.2 Å². The van der Waals surface area contributed by atoms with Crippen molar-refractivity contribution in [2.75, 3.05) is 25.1 Å². The highest BCUT2D eigenvalue weighted by Crippen LogP contribution is 2.25. The van der Waals surface area contributed by atoms with Crippen LogP contribution in [0.3, 0.4) is 0 Å². The van der Waals surface area contributed by atoms with Crippen molar-refractivity contribution in [3.63, 3.8) is 0 Å².